The first-order valence-corrected chi connectivity index (χ1v) is 6.91. The fraction of sp³-hybridized carbons (Fsp3) is 0.167. The molecule has 1 unspecified atom stereocenters. The van der Waals surface area contributed by atoms with E-state index in [4.69, 9.17) is 4.74 Å². The standard InChI is InChI=1S/C18H17NO2/c1-13(2)12-18(14-8-4-3-5-9-14)17(20)19-15-10-6-7-11-16(15)21-18/h3-11H,1,12H2,2H3,(H,19,20). The Bertz CT molecular complexity index is 693. The third-order valence-corrected chi connectivity index (χ3v) is 3.58. The van der Waals surface area contributed by atoms with Gasteiger partial charge in [-0.2, -0.15) is 0 Å². The molecule has 3 nitrogen and oxygen atoms in total. The highest BCUT2D eigenvalue weighted by Crippen LogP contribution is 2.41. The number of rotatable bonds is 3. The summed E-state index contributed by atoms with van der Waals surface area (Å²) in [5, 5.41) is 2.95. The van der Waals surface area contributed by atoms with Crippen molar-refractivity contribution < 1.29 is 9.53 Å². The van der Waals surface area contributed by atoms with Gasteiger partial charge >= 0.3 is 0 Å². The van der Waals surface area contributed by atoms with Gasteiger partial charge in [0.25, 0.3) is 5.91 Å². The van der Waals surface area contributed by atoms with Crippen LogP contribution in [-0.2, 0) is 10.4 Å². The van der Waals surface area contributed by atoms with Crippen LogP contribution in [0.1, 0.15) is 18.9 Å². The van der Waals surface area contributed by atoms with Crippen LogP contribution in [0.25, 0.3) is 0 Å². The normalized spacial score (nSPS) is 20.1. The fourth-order valence-electron chi connectivity index (χ4n) is 2.66. The van der Waals surface area contributed by atoms with E-state index in [1.54, 1.807) is 0 Å². The molecule has 0 aromatic heterocycles. The van der Waals surface area contributed by atoms with Crippen LogP contribution in [-0.4, -0.2) is 5.91 Å². The zero-order valence-corrected chi connectivity index (χ0v) is 11.9. The number of benzene rings is 2. The fourth-order valence-corrected chi connectivity index (χ4v) is 2.66. The predicted molar refractivity (Wildman–Crippen MR) is 83.3 cm³/mol. The van der Waals surface area contributed by atoms with Crippen molar-refractivity contribution in [1.82, 2.24) is 0 Å². The first kappa shape index (κ1) is 13.4. The second-order valence-electron chi connectivity index (χ2n) is 5.38. The Kier molecular flexibility index (Phi) is 3.26. The van der Waals surface area contributed by atoms with Crippen molar-refractivity contribution in [1.29, 1.82) is 0 Å². The van der Waals surface area contributed by atoms with Crippen LogP contribution in [0, 0.1) is 0 Å². The van der Waals surface area contributed by atoms with Gasteiger partial charge in [-0.05, 0) is 19.1 Å². The van der Waals surface area contributed by atoms with Crippen LogP contribution in [0.5, 0.6) is 5.75 Å². The van der Waals surface area contributed by atoms with E-state index < -0.39 is 5.60 Å². The lowest BCUT2D eigenvalue weighted by Crippen LogP contribution is -2.48. The third-order valence-electron chi connectivity index (χ3n) is 3.58. The number of hydrogen-bond acceptors (Lipinski definition) is 2. The highest BCUT2D eigenvalue weighted by molar-refractivity contribution is 6.01. The Labute approximate surface area is 124 Å². The molecule has 0 radical (unpaired) electrons. The van der Waals surface area contributed by atoms with Gasteiger partial charge in [-0.25, -0.2) is 0 Å². The number of anilines is 1. The number of amides is 1. The quantitative estimate of drug-likeness (QED) is 0.866. The van der Waals surface area contributed by atoms with Crippen LogP contribution in [0.15, 0.2) is 66.7 Å². The van der Waals surface area contributed by atoms with Crippen molar-refractivity contribution >= 4 is 11.6 Å². The van der Waals surface area contributed by atoms with Crippen LogP contribution in [0.2, 0.25) is 0 Å². The van der Waals surface area contributed by atoms with Crippen molar-refractivity contribution in [3.8, 4) is 5.75 Å². The summed E-state index contributed by atoms with van der Waals surface area (Å²) in [6.07, 6.45) is 0.442. The average molecular weight is 279 g/mol. The molecule has 0 saturated carbocycles. The highest BCUT2D eigenvalue weighted by atomic mass is 16.5. The summed E-state index contributed by atoms with van der Waals surface area (Å²) in [5.74, 6) is 0.526. The van der Waals surface area contributed by atoms with E-state index in [1.807, 2.05) is 61.5 Å². The Morgan fingerprint density at radius 2 is 1.81 bits per heavy atom. The number of nitrogens with one attached hydrogen (secondary N) is 1. The molecule has 0 fully saturated rings. The number of para-hydroxylation sites is 2. The Hall–Kier alpha value is -2.55. The molecule has 3 heteroatoms. The van der Waals surface area contributed by atoms with E-state index in [-0.39, 0.29) is 5.91 Å². The lowest BCUT2D eigenvalue weighted by atomic mass is 9.85. The molecule has 0 aliphatic carbocycles. The maximum Gasteiger partial charge on any atom is 0.273 e. The summed E-state index contributed by atoms with van der Waals surface area (Å²) in [4.78, 5) is 12.7. The molecule has 1 amide bonds. The second-order valence-corrected chi connectivity index (χ2v) is 5.38. The van der Waals surface area contributed by atoms with E-state index in [0.29, 0.717) is 17.9 Å². The van der Waals surface area contributed by atoms with E-state index in [1.165, 1.54) is 0 Å². The molecule has 1 N–H and O–H groups in total. The summed E-state index contributed by atoms with van der Waals surface area (Å²) in [5.41, 5.74) is 1.38. The second kappa shape index (κ2) is 5.09. The van der Waals surface area contributed by atoms with Gasteiger partial charge < -0.3 is 10.1 Å². The van der Waals surface area contributed by atoms with E-state index in [0.717, 1.165) is 11.1 Å². The van der Waals surface area contributed by atoms with Gasteiger partial charge in [0.15, 0.2) is 0 Å². The lowest BCUT2D eigenvalue weighted by molar-refractivity contribution is -0.133. The molecular formula is C18H17NO2. The SMILES string of the molecule is C=C(C)CC1(c2ccccc2)Oc2ccccc2NC1=O. The number of ether oxygens (including phenoxy) is 1. The molecule has 1 heterocycles. The molecule has 21 heavy (non-hydrogen) atoms. The minimum atomic E-state index is -1.05. The van der Waals surface area contributed by atoms with Crippen molar-refractivity contribution in [3.63, 3.8) is 0 Å². The van der Waals surface area contributed by atoms with Gasteiger partial charge in [-0.15, -0.1) is 0 Å². The summed E-state index contributed by atoms with van der Waals surface area (Å²) >= 11 is 0. The van der Waals surface area contributed by atoms with Crippen LogP contribution < -0.4 is 10.1 Å². The van der Waals surface area contributed by atoms with Crippen LogP contribution >= 0.6 is 0 Å². The van der Waals surface area contributed by atoms with E-state index in [2.05, 4.69) is 11.9 Å². The summed E-state index contributed by atoms with van der Waals surface area (Å²) in [6, 6.07) is 17.0. The smallest absolute Gasteiger partial charge is 0.273 e. The van der Waals surface area contributed by atoms with Crippen molar-refractivity contribution in [2.45, 2.75) is 18.9 Å². The largest absolute Gasteiger partial charge is 0.470 e. The van der Waals surface area contributed by atoms with E-state index >= 15 is 0 Å². The van der Waals surface area contributed by atoms with Gasteiger partial charge in [0, 0.05) is 12.0 Å². The zero-order chi connectivity index (χ0) is 14.9. The molecule has 0 spiro atoms. The molecule has 1 aliphatic rings. The monoisotopic (exact) mass is 279 g/mol. The molecule has 3 rings (SSSR count). The number of fused-ring (bicyclic) bond motifs is 1. The number of carbonyl (C=O) groups is 1. The molecule has 106 valence electrons. The van der Waals surface area contributed by atoms with Gasteiger partial charge in [-0.3, -0.25) is 4.79 Å². The Morgan fingerprint density at radius 1 is 1.14 bits per heavy atom. The van der Waals surface area contributed by atoms with Gasteiger partial charge in [-0.1, -0.05) is 54.6 Å². The number of carbonyl (C=O) groups excluding carboxylic acids is 1. The summed E-state index contributed by atoms with van der Waals surface area (Å²) < 4.78 is 6.16. The van der Waals surface area contributed by atoms with Crippen molar-refractivity contribution in [3.05, 3.63) is 72.3 Å². The molecule has 1 atom stereocenters. The lowest BCUT2D eigenvalue weighted by Gasteiger charge is -2.38. The summed E-state index contributed by atoms with van der Waals surface area (Å²) in [6.45, 7) is 5.85. The highest BCUT2D eigenvalue weighted by Gasteiger charge is 2.46. The molecular weight excluding hydrogens is 262 g/mol. The van der Waals surface area contributed by atoms with Crippen molar-refractivity contribution in [2.75, 3.05) is 5.32 Å². The predicted octanol–water partition coefficient (Wildman–Crippen LogP) is 3.88. The molecule has 2 aromatic carbocycles. The minimum Gasteiger partial charge on any atom is -0.470 e. The van der Waals surface area contributed by atoms with Crippen molar-refractivity contribution in [2.24, 2.45) is 0 Å². The average Bonchev–Trinajstić information content (AvgIpc) is 2.48. The minimum absolute atomic E-state index is 0.157. The summed E-state index contributed by atoms with van der Waals surface area (Å²) in [7, 11) is 0. The van der Waals surface area contributed by atoms with Gasteiger partial charge in [0.1, 0.15) is 5.75 Å². The van der Waals surface area contributed by atoms with Gasteiger partial charge in [0.05, 0.1) is 5.69 Å². The topological polar surface area (TPSA) is 38.3 Å². The van der Waals surface area contributed by atoms with Gasteiger partial charge in [0.2, 0.25) is 5.60 Å². The van der Waals surface area contributed by atoms with E-state index in [9.17, 15) is 4.79 Å². The van der Waals surface area contributed by atoms with Crippen LogP contribution in [0.4, 0.5) is 5.69 Å². The molecule has 0 saturated heterocycles. The maximum absolute atomic E-state index is 12.7. The first-order chi connectivity index (χ1) is 10.1. The maximum atomic E-state index is 12.7. The third kappa shape index (κ3) is 2.31. The molecule has 2 aromatic rings. The molecule has 1 aliphatic heterocycles. The zero-order valence-electron chi connectivity index (χ0n) is 11.9. The Morgan fingerprint density at radius 3 is 2.52 bits per heavy atom. The van der Waals surface area contributed by atoms with Crippen LogP contribution in [0.3, 0.4) is 0 Å². The first-order valence-electron chi connectivity index (χ1n) is 6.91. The molecule has 0 bridgehead atoms. The number of hydrogen-bond donors (Lipinski definition) is 1. The Balaban J connectivity index is 2.13.